The number of alkyl halides is 3. The molecule has 5 atom stereocenters. The molecule has 0 saturated carbocycles. The molecule has 1 aliphatic heterocycles. The lowest BCUT2D eigenvalue weighted by atomic mass is 9.97. The largest absolute Gasteiger partial charge is 0.449 e. The number of rotatable bonds is 13. The van der Waals surface area contributed by atoms with E-state index in [4.69, 9.17) is 68.6 Å². The van der Waals surface area contributed by atoms with Gasteiger partial charge in [-0.15, -0.1) is 0 Å². The van der Waals surface area contributed by atoms with Gasteiger partial charge in [0.05, 0.1) is 32.0 Å². The molecule has 4 aromatic carbocycles. The number of esters is 1. The molecule has 5 rings (SSSR count). The van der Waals surface area contributed by atoms with Crippen LogP contribution in [0.25, 0.3) is 0 Å². The summed E-state index contributed by atoms with van der Waals surface area (Å²) in [5, 5.41) is 8.33. The van der Waals surface area contributed by atoms with Crippen molar-refractivity contribution in [2.75, 3.05) is 6.61 Å². The first-order valence-electron chi connectivity index (χ1n) is 14.9. The second kappa shape index (κ2) is 17.1. The first-order chi connectivity index (χ1) is 22.8. The average Bonchev–Trinajstić information content (AvgIpc) is 3.09. The highest BCUT2D eigenvalue weighted by Crippen LogP contribution is 2.34. The molecule has 0 bridgehead atoms. The first-order valence-corrected chi connectivity index (χ1v) is 16.1. The van der Waals surface area contributed by atoms with E-state index >= 15 is 0 Å². The summed E-state index contributed by atoms with van der Waals surface area (Å²) in [6.07, 6.45) is -5.30. The fraction of sp³-hybridized carbons (Fsp3) is 0.278. The molecule has 0 amide bonds. The minimum atomic E-state index is -2.21. The maximum Gasteiger partial charge on any atom is 0.338 e. The lowest BCUT2D eigenvalue weighted by Gasteiger charge is -2.45. The average molecular weight is 699 g/mol. The second-order valence-electron chi connectivity index (χ2n) is 10.7. The van der Waals surface area contributed by atoms with E-state index in [9.17, 15) is 4.79 Å². The third kappa shape index (κ3) is 10.3. The molecule has 8 nitrogen and oxygen atoms in total. The van der Waals surface area contributed by atoms with E-state index in [2.05, 4.69) is 0 Å². The lowest BCUT2D eigenvalue weighted by molar-refractivity contribution is -0.302. The molecule has 1 saturated heterocycles. The van der Waals surface area contributed by atoms with Gasteiger partial charge in [-0.2, -0.15) is 0 Å². The summed E-state index contributed by atoms with van der Waals surface area (Å²) in [6, 6.07) is 37.3. The normalized spacial score (nSPS) is 21.1. The minimum absolute atomic E-state index is 0.0415. The van der Waals surface area contributed by atoms with Gasteiger partial charge in [0.15, 0.2) is 6.10 Å². The Kier molecular flexibility index (Phi) is 12.7. The van der Waals surface area contributed by atoms with Gasteiger partial charge in [0.1, 0.15) is 18.3 Å². The third-order valence-electron chi connectivity index (χ3n) is 7.30. The quantitative estimate of drug-likeness (QED) is 0.0662. The maximum absolute atomic E-state index is 13.5. The van der Waals surface area contributed by atoms with Gasteiger partial charge >= 0.3 is 5.97 Å². The van der Waals surface area contributed by atoms with Gasteiger partial charge in [-0.25, -0.2) is 4.79 Å². The van der Waals surface area contributed by atoms with Crippen LogP contribution >= 0.6 is 34.8 Å². The van der Waals surface area contributed by atoms with Crippen molar-refractivity contribution in [3.05, 3.63) is 144 Å². The molecule has 4 aromatic rings. The summed E-state index contributed by atoms with van der Waals surface area (Å²) in [6.45, 7) is 0.676. The Morgan fingerprint density at radius 3 is 1.62 bits per heavy atom. The fourth-order valence-electron chi connectivity index (χ4n) is 4.97. The van der Waals surface area contributed by atoms with E-state index in [1.54, 1.807) is 30.3 Å². The van der Waals surface area contributed by atoms with Crippen LogP contribution in [-0.4, -0.2) is 53.0 Å². The SMILES string of the molecule is N=C(O[C@@H]1OC(COCc2ccccc2)[C@@H](OCc2ccccc2)C(OCc2ccccc2)C1OC(=O)c1ccccc1)C(Cl)(Cl)Cl. The Bertz CT molecular complexity index is 1540. The number of ether oxygens (including phenoxy) is 6. The molecule has 3 unspecified atom stereocenters. The van der Waals surface area contributed by atoms with Gasteiger partial charge in [0, 0.05) is 0 Å². The van der Waals surface area contributed by atoms with Crippen molar-refractivity contribution in [2.24, 2.45) is 0 Å². The first kappa shape index (κ1) is 34.9. The van der Waals surface area contributed by atoms with E-state index < -0.39 is 46.4 Å². The minimum Gasteiger partial charge on any atom is -0.449 e. The highest BCUT2D eigenvalue weighted by Gasteiger charge is 2.52. The summed E-state index contributed by atoms with van der Waals surface area (Å²) in [7, 11) is 0. The maximum atomic E-state index is 13.5. The van der Waals surface area contributed by atoms with E-state index in [1.165, 1.54) is 0 Å². The van der Waals surface area contributed by atoms with Crippen LogP contribution in [0.3, 0.4) is 0 Å². The summed E-state index contributed by atoms with van der Waals surface area (Å²) in [5.41, 5.74) is 3.03. The summed E-state index contributed by atoms with van der Waals surface area (Å²) in [5.74, 6) is -1.38. The van der Waals surface area contributed by atoms with Crippen LogP contribution in [0.2, 0.25) is 0 Å². The summed E-state index contributed by atoms with van der Waals surface area (Å²) >= 11 is 18.0. The molecule has 0 aliphatic carbocycles. The van der Waals surface area contributed by atoms with Crippen molar-refractivity contribution >= 4 is 46.7 Å². The Hall–Kier alpha value is -3.47. The zero-order valence-electron chi connectivity index (χ0n) is 25.3. The van der Waals surface area contributed by atoms with Crippen molar-refractivity contribution in [3.63, 3.8) is 0 Å². The molecular weight excluding hydrogens is 665 g/mol. The molecule has 47 heavy (non-hydrogen) atoms. The van der Waals surface area contributed by atoms with Gasteiger partial charge in [0.25, 0.3) is 3.79 Å². The number of benzene rings is 4. The molecule has 1 fully saturated rings. The van der Waals surface area contributed by atoms with Crippen molar-refractivity contribution in [1.29, 1.82) is 5.41 Å². The van der Waals surface area contributed by atoms with Crippen molar-refractivity contribution in [1.82, 2.24) is 0 Å². The highest BCUT2D eigenvalue weighted by atomic mass is 35.6. The molecule has 1 N–H and O–H groups in total. The topological polar surface area (TPSA) is 96.3 Å². The van der Waals surface area contributed by atoms with Gasteiger partial charge in [-0.05, 0) is 28.8 Å². The number of carbonyl (C=O) groups excluding carboxylic acids is 1. The number of hydrogen-bond acceptors (Lipinski definition) is 8. The van der Waals surface area contributed by atoms with Crippen molar-refractivity contribution < 1.29 is 33.2 Å². The molecule has 246 valence electrons. The van der Waals surface area contributed by atoms with Crippen LogP contribution in [0.5, 0.6) is 0 Å². The Morgan fingerprint density at radius 2 is 1.11 bits per heavy atom. The molecule has 0 aromatic heterocycles. The molecule has 1 aliphatic rings. The summed E-state index contributed by atoms with van der Waals surface area (Å²) in [4.78, 5) is 13.5. The molecule has 1 heterocycles. The number of halogens is 3. The second-order valence-corrected chi connectivity index (χ2v) is 13.0. The zero-order valence-corrected chi connectivity index (χ0v) is 27.5. The number of nitrogens with one attached hydrogen (secondary N) is 1. The lowest BCUT2D eigenvalue weighted by Crippen LogP contribution is -2.62. The zero-order chi connectivity index (χ0) is 33.1. The van der Waals surface area contributed by atoms with Gasteiger partial charge in [-0.3, -0.25) is 5.41 Å². The predicted octanol–water partition coefficient (Wildman–Crippen LogP) is 7.69. The highest BCUT2D eigenvalue weighted by molar-refractivity contribution is 6.76. The van der Waals surface area contributed by atoms with Crippen molar-refractivity contribution in [3.8, 4) is 0 Å². The van der Waals surface area contributed by atoms with Crippen molar-refractivity contribution in [2.45, 2.75) is 54.3 Å². The Labute approximate surface area is 288 Å². The Morgan fingerprint density at radius 1 is 0.638 bits per heavy atom. The Balaban J connectivity index is 1.49. The van der Waals surface area contributed by atoms with Crippen LogP contribution in [-0.2, 0) is 48.2 Å². The smallest absolute Gasteiger partial charge is 0.338 e. The number of carbonyl (C=O) groups is 1. The van der Waals surface area contributed by atoms with E-state index in [0.717, 1.165) is 16.7 Å². The van der Waals surface area contributed by atoms with E-state index in [1.807, 2.05) is 91.0 Å². The van der Waals surface area contributed by atoms with E-state index in [0.29, 0.717) is 12.2 Å². The fourth-order valence-corrected chi connectivity index (χ4v) is 5.11. The van der Waals surface area contributed by atoms with Crippen LogP contribution < -0.4 is 0 Å². The van der Waals surface area contributed by atoms with Crippen LogP contribution in [0.1, 0.15) is 27.0 Å². The third-order valence-corrected chi connectivity index (χ3v) is 7.81. The van der Waals surface area contributed by atoms with E-state index in [-0.39, 0.29) is 19.8 Å². The monoisotopic (exact) mass is 697 g/mol. The number of hydrogen-bond donors (Lipinski definition) is 1. The van der Waals surface area contributed by atoms with Crippen LogP contribution in [0.15, 0.2) is 121 Å². The molecule has 0 spiro atoms. The van der Waals surface area contributed by atoms with Gasteiger partial charge in [0.2, 0.25) is 12.2 Å². The molecular formula is C36H34Cl3NO7. The van der Waals surface area contributed by atoms with Gasteiger partial charge < -0.3 is 28.4 Å². The van der Waals surface area contributed by atoms with Crippen LogP contribution in [0, 0.1) is 5.41 Å². The standard InChI is InChI=1S/C36H34Cl3NO7/c37-36(38,39)35(40)47-34-32(46-33(41)28-19-11-4-12-20-28)31(44-23-27-17-9-3-10-18-27)30(43-22-26-15-7-2-8-16-26)29(45-34)24-42-21-25-13-5-1-6-14-25/h1-20,29-32,34,40H,21-24H2/t29?,30-,31?,32?,34+/m1/s1. The molecule has 11 heteroatoms. The molecule has 0 radical (unpaired) electrons. The van der Waals surface area contributed by atoms with Gasteiger partial charge in [-0.1, -0.05) is 144 Å². The van der Waals surface area contributed by atoms with Crippen LogP contribution in [0.4, 0.5) is 0 Å². The summed E-state index contributed by atoms with van der Waals surface area (Å²) < 4.78 is 35.1. The predicted molar refractivity (Wildman–Crippen MR) is 180 cm³/mol.